The zero-order valence-electron chi connectivity index (χ0n) is 33.8. The Morgan fingerprint density at radius 2 is 0.806 bits per heavy atom. The summed E-state index contributed by atoms with van der Waals surface area (Å²) in [6.07, 6.45) is 0. The van der Waals surface area contributed by atoms with Gasteiger partial charge in [0.1, 0.15) is 11.2 Å². The number of hydrogen-bond donors (Lipinski definition) is 0. The largest absolute Gasteiger partial charge is 0.456 e. The fourth-order valence-corrected chi connectivity index (χ4v) is 8.42. The number of nitrogens with zero attached hydrogens (tertiary/aromatic N) is 3. The van der Waals surface area contributed by atoms with E-state index in [1.165, 1.54) is 16.7 Å². The Kier molecular flexibility index (Phi) is 9.49. The van der Waals surface area contributed by atoms with Crippen molar-refractivity contribution in [2.24, 2.45) is 0 Å². The molecule has 0 aliphatic heterocycles. The number of aromatic nitrogens is 2. The second-order valence-corrected chi connectivity index (χ2v) is 15.4. The van der Waals surface area contributed by atoms with Gasteiger partial charge in [-0.25, -0.2) is 9.97 Å². The van der Waals surface area contributed by atoms with Gasteiger partial charge in [0.25, 0.3) is 0 Å². The summed E-state index contributed by atoms with van der Waals surface area (Å²) in [6.45, 7) is 0. The van der Waals surface area contributed by atoms with E-state index in [2.05, 4.69) is 205 Å². The van der Waals surface area contributed by atoms with Crippen LogP contribution in [0.1, 0.15) is 0 Å². The molecule has 62 heavy (non-hydrogen) atoms. The van der Waals surface area contributed by atoms with Crippen molar-refractivity contribution < 1.29 is 4.42 Å². The molecule has 292 valence electrons. The topological polar surface area (TPSA) is 42.2 Å². The Labute approximate surface area is 360 Å². The Balaban J connectivity index is 1.04. The summed E-state index contributed by atoms with van der Waals surface area (Å²) in [4.78, 5) is 12.8. The van der Waals surface area contributed by atoms with Crippen molar-refractivity contribution in [3.05, 3.63) is 237 Å². The number of hydrogen-bond acceptors (Lipinski definition) is 4. The molecule has 0 bridgehead atoms. The van der Waals surface area contributed by atoms with Crippen molar-refractivity contribution in [3.63, 3.8) is 0 Å². The average Bonchev–Trinajstić information content (AvgIpc) is 3.74. The third kappa shape index (κ3) is 7.10. The van der Waals surface area contributed by atoms with Crippen LogP contribution < -0.4 is 4.90 Å². The van der Waals surface area contributed by atoms with Crippen molar-refractivity contribution in [1.82, 2.24) is 9.97 Å². The smallest absolute Gasteiger partial charge is 0.160 e. The van der Waals surface area contributed by atoms with Gasteiger partial charge in [-0.15, -0.1) is 0 Å². The lowest BCUT2D eigenvalue weighted by Crippen LogP contribution is -2.09. The molecule has 0 aliphatic carbocycles. The van der Waals surface area contributed by atoms with Crippen LogP contribution in [0.2, 0.25) is 0 Å². The van der Waals surface area contributed by atoms with E-state index < -0.39 is 0 Å². The first-order valence-corrected chi connectivity index (χ1v) is 20.9. The molecular formula is C58H39N3O. The molecule has 9 aromatic carbocycles. The molecule has 0 atom stereocenters. The summed E-state index contributed by atoms with van der Waals surface area (Å²) in [6, 6.07) is 82.7. The minimum Gasteiger partial charge on any atom is -0.456 e. The quantitative estimate of drug-likeness (QED) is 0.146. The van der Waals surface area contributed by atoms with Crippen LogP contribution in [-0.4, -0.2) is 9.97 Å². The minimum absolute atomic E-state index is 0.665. The predicted molar refractivity (Wildman–Crippen MR) is 257 cm³/mol. The summed E-state index contributed by atoms with van der Waals surface area (Å²) in [5.74, 6) is 0.665. The van der Waals surface area contributed by atoms with Crippen LogP contribution in [0.15, 0.2) is 241 Å². The van der Waals surface area contributed by atoms with Crippen LogP contribution in [0.5, 0.6) is 0 Å². The molecule has 0 radical (unpaired) electrons. The number of anilines is 3. The van der Waals surface area contributed by atoms with E-state index in [1.54, 1.807) is 0 Å². The molecule has 0 saturated carbocycles. The summed E-state index contributed by atoms with van der Waals surface area (Å²) in [5.41, 5.74) is 16.3. The van der Waals surface area contributed by atoms with Gasteiger partial charge < -0.3 is 9.32 Å². The number of furan rings is 1. The Morgan fingerprint density at radius 1 is 0.306 bits per heavy atom. The van der Waals surface area contributed by atoms with Crippen LogP contribution >= 0.6 is 0 Å². The van der Waals surface area contributed by atoms with Gasteiger partial charge in [0.05, 0.1) is 11.4 Å². The first kappa shape index (κ1) is 36.7. The highest BCUT2D eigenvalue weighted by Gasteiger charge is 2.20. The van der Waals surface area contributed by atoms with Gasteiger partial charge in [-0.05, 0) is 94.0 Å². The fourth-order valence-electron chi connectivity index (χ4n) is 8.42. The van der Waals surface area contributed by atoms with Crippen LogP contribution in [0.4, 0.5) is 17.1 Å². The van der Waals surface area contributed by atoms with Crippen LogP contribution in [0.3, 0.4) is 0 Å². The lowest BCUT2D eigenvalue weighted by Gasteiger charge is -2.26. The van der Waals surface area contributed by atoms with E-state index in [0.717, 1.165) is 83.8 Å². The summed E-state index contributed by atoms with van der Waals surface area (Å²) < 4.78 is 6.64. The molecule has 0 amide bonds. The van der Waals surface area contributed by atoms with Gasteiger partial charge in [-0.2, -0.15) is 0 Å². The lowest BCUT2D eigenvalue weighted by molar-refractivity contribution is 0.669. The van der Waals surface area contributed by atoms with Gasteiger partial charge >= 0.3 is 0 Å². The second-order valence-electron chi connectivity index (χ2n) is 15.4. The zero-order valence-corrected chi connectivity index (χ0v) is 33.8. The van der Waals surface area contributed by atoms with Crippen LogP contribution in [0, 0.1) is 0 Å². The SMILES string of the molecule is c1ccc(-c2ccc(-c3cc(-c4cc(-c5ccc(N(c6ccccc6)c6cccc(-c7ccccc7)c6)cc5)cc5oc6ccccc6c45)nc(-c4ccccc4)n3)cc2)cc1. The summed E-state index contributed by atoms with van der Waals surface area (Å²) in [7, 11) is 0. The molecule has 0 fully saturated rings. The Morgan fingerprint density at radius 3 is 1.52 bits per heavy atom. The highest BCUT2D eigenvalue weighted by atomic mass is 16.3. The monoisotopic (exact) mass is 793 g/mol. The van der Waals surface area contributed by atoms with Crippen molar-refractivity contribution in [2.45, 2.75) is 0 Å². The highest BCUT2D eigenvalue weighted by Crippen LogP contribution is 2.42. The van der Waals surface area contributed by atoms with E-state index >= 15 is 0 Å². The van der Waals surface area contributed by atoms with E-state index in [0.29, 0.717) is 5.82 Å². The van der Waals surface area contributed by atoms with Gasteiger partial charge in [-0.1, -0.05) is 176 Å². The number of para-hydroxylation sites is 2. The van der Waals surface area contributed by atoms with Crippen LogP contribution in [0.25, 0.3) is 89.2 Å². The second kappa shape index (κ2) is 16.0. The van der Waals surface area contributed by atoms with E-state index in [9.17, 15) is 0 Å². The molecule has 0 saturated heterocycles. The molecule has 2 aromatic heterocycles. The van der Waals surface area contributed by atoms with E-state index in [-0.39, 0.29) is 0 Å². The predicted octanol–water partition coefficient (Wildman–Crippen LogP) is 15.8. The summed E-state index contributed by atoms with van der Waals surface area (Å²) in [5, 5.41) is 2.07. The third-order valence-electron chi connectivity index (χ3n) is 11.5. The molecule has 11 aromatic rings. The Hall–Kier alpha value is -8.34. The average molecular weight is 794 g/mol. The van der Waals surface area contributed by atoms with Crippen molar-refractivity contribution in [1.29, 1.82) is 0 Å². The van der Waals surface area contributed by atoms with Crippen molar-refractivity contribution in [3.8, 4) is 67.3 Å². The minimum atomic E-state index is 0.665. The normalized spacial score (nSPS) is 11.2. The van der Waals surface area contributed by atoms with Crippen LogP contribution in [-0.2, 0) is 0 Å². The fraction of sp³-hybridized carbons (Fsp3) is 0. The first-order valence-electron chi connectivity index (χ1n) is 20.9. The van der Waals surface area contributed by atoms with E-state index in [1.807, 2.05) is 36.4 Å². The standard InChI is InChI=1S/C58H39N3O/c1-5-16-40(17-6-1)42-28-30-44(31-29-42)53-39-54(60-58(59-53)45-20-9-3-10-21-45)52-37-47(38-56-57(52)51-26-13-14-27-55(51)62-56)43-32-34-49(35-33-43)61(48-23-11-4-12-24-48)50-25-15-22-46(36-50)41-18-7-2-8-19-41/h1-39H. The van der Waals surface area contributed by atoms with Crippen molar-refractivity contribution in [2.75, 3.05) is 4.90 Å². The van der Waals surface area contributed by atoms with Gasteiger partial charge in [-0.3, -0.25) is 0 Å². The van der Waals surface area contributed by atoms with Gasteiger partial charge in [0.15, 0.2) is 5.82 Å². The van der Waals surface area contributed by atoms with Gasteiger partial charge in [0, 0.05) is 44.5 Å². The maximum Gasteiger partial charge on any atom is 0.160 e. The maximum atomic E-state index is 6.64. The lowest BCUT2D eigenvalue weighted by atomic mass is 9.95. The molecule has 0 N–H and O–H groups in total. The molecule has 0 aliphatic rings. The molecule has 4 nitrogen and oxygen atoms in total. The third-order valence-corrected chi connectivity index (χ3v) is 11.5. The van der Waals surface area contributed by atoms with E-state index in [4.69, 9.17) is 14.4 Å². The summed E-state index contributed by atoms with van der Waals surface area (Å²) >= 11 is 0. The molecule has 0 spiro atoms. The van der Waals surface area contributed by atoms with Crippen molar-refractivity contribution >= 4 is 39.0 Å². The van der Waals surface area contributed by atoms with Gasteiger partial charge in [0.2, 0.25) is 0 Å². The molecule has 2 heterocycles. The molecule has 0 unspecified atom stereocenters. The maximum absolute atomic E-state index is 6.64. The number of benzene rings is 9. The molecular weight excluding hydrogens is 755 g/mol. The molecule has 4 heteroatoms. The molecule has 11 rings (SSSR count). The Bertz CT molecular complexity index is 3310. The zero-order chi connectivity index (χ0) is 41.2. The first-order chi connectivity index (χ1) is 30.7. The number of rotatable bonds is 9. The highest BCUT2D eigenvalue weighted by molar-refractivity contribution is 6.13. The number of fused-ring (bicyclic) bond motifs is 3.